The predicted octanol–water partition coefficient (Wildman–Crippen LogP) is 3.17. The van der Waals surface area contributed by atoms with Crippen molar-refractivity contribution in [1.29, 1.82) is 0 Å². The molecule has 3 rings (SSSR count). The fraction of sp³-hybridized carbons (Fsp3) is 0.158. The Balaban J connectivity index is 1.61. The van der Waals surface area contributed by atoms with Gasteiger partial charge in [-0.1, -0.05) is 18.2 Å². The molecule has 2 heterocycles. The molecule has 0 spiro atoms. The van der Waals surface area contributed by atoms with Crippen molar-refractivity contribution in [2.45, 2.75) is 16.5 Å². The SMILES string of the molecule is O=C(NCc1ccco1)c1cccnc1SCCS(=O)(=O)c1ccccc1. The number of carbonyl (C=O) groups excluding carboxylic acids is 1. The zero-order valence-electron chi connectivity index (χ0n) is 14.4. The summed E-state index contributed by atoms with van der Waals surface area (Å²) in [5.74, 6) is 0.626. The lowest BCUT2D eigenvalue weighted by Crippen LogP contribution is -2.23. The van der Waals surface area contributed by atoms with E-state index >= 15 is 0 Å². The van der Waals surface area contributed by atoms with Gasteiger partial charge in [0.05, 0.1) is 29.0 Å². The molecule has 0 fully saturated rings. The minimum absolute atomic E-state index is 0.0360. The molecule has 0 atom stereocenters. The maximum atomic E-state index is 12.4. The van der Waals surface area contributed by atoms with E-state index in [4.69, 9.17) is 4.42 Å². The second kappa shape index (κ2) is 8.88. The van der Waals surface area contributed by atoms with Crippen LogP contribution in [-0.2, 0) is 16.4 Å². The maximum Gasteiger partial charge on any atom is 0.254 e. The number of benzene rings is 1. The molecule has 8 heteroatoms. The van der Waals surface area contributed by atoms with E-state index in [1.807, 2.05) is 0 Å². The van der Waals surface area contributed by atoms with Gasteiger partial charge in [0, 0.05) is 11.9 Å². The van der Waals surface area contributed by atoms with Crippen LogP contribution in [0.15, 0.2) is 81.4 Å². The van der Waals surface area contributed by atoms with Gasteiger partial charge in [0.25, 0.3) is 5.91 Å². The number of amides is 1. The molecule has 0 aliphatic rings. The Kier molecular flexibility index (Phi) is 6.31. The Morgan fingerprint density at radius 2 is 1.89 bits per heavy atom. The van der Waals surface area contributed by atoms with Gasteiger partial charge in [-0.2, -0.15) is 0 Å². The number of furan rings is 1. The van der Waals surface area contributed by atoms with E-state index in [9.17, 15) is 13.2 Å². The molecule has 27 heavy (non-hydrogen) atoms. The van der Waals surface area contributed by atoms with Crippen LogP contribution in [0.4, 0.5) is 0 Å². The zero-order valence-corrected chi connectivity index (χ0v) is 16.0. The van der Waals surface area contributed by atoms with Gasteiger partial charge in [0.1, 0.15) is 10.8 Å². The molecule has 140 valence electrons. The van der Waals surface area contributed by atoms with Gasteiger partial charge in [-0.3, -0.25) is 4.79 Å². The summed E-state index contributed by atoms with van der Waals surface area (Å²) in [6.45, 7) is 0.271. The van der Waals surface area contributed by atoms with Crippen LogP contribution in [0.1, 0.15) is 16.1 Å². The zero-order chi connectivity index (χ0) is 19.1. The van der Waals surface area contributed by atoms with Gasteiger partial charge in [-0.25, -0.2) is 13.4 Å². The molecule has 1 amide bonds. The van der Waals surface area contributed by atoms with Gasteiger partial charge >= 0.3 is 0 Å². The van der Waals surface area contributed by atoms with Crippen LogP contribution in [-0.4, -0.2) is 30.8 Å². The minimum Gasteiger partial charge on any atom is -0.467 e. The summed E-state index contributed by atoms with van der Waals surface area (Å²) < 4.78 is 29.9. The Labute approximate surface area is 161 Å². The van der Waals surface area contributed by atoms with Crippen molar-refractivity contribution in [2.75, 3.05) is 11.5 Å². The monoisotopic (exact) mass is 402 g/mol. The van der Waals surface area contributed by atoms with Crippen molar-refractivity contribution in [3.05, 3.63) is 78.4 Å². The number of nitrogens with one attached hydrogen (secondary N) is 1. The predicted molar refractivity (Wildman–Crippen MR) is 103 cm³/mol. The molecule has 1 N–H and O–H groups in total. The Bertz CT molecular complexity index is 988. The molecule has 0 saturated carbocycles. The molecule has 0 saturated heterocycles. The summed E-state index contributed by atoms with van der Waals surface area (Å²) >= 11 is 1.25. The highest BCUT2D eigenvalue weighted by molar-refractivity contribution is 8.00. The summed E-state index contributed by atoms with van der Waals surface area (Å²) in [5, 5.41) is 3.27. The number of hydrogen-bond acceptors (Lipinski definition) is 6. The van der Waals surface area contributed by atoms with Crippen molar-refractivity contribution < 1.29 is 17.6 Å². The quantitative estimate of drug-likeness (QED) is 0.582. The first-order valence-electron chi connectivity index (χ1n) is 8.22. The number of hydrogen-bond donors (Lipinski definition) is 1. The summed E-state index contributed by atoms with van der Waals surface area (Å²) in [6, 6.07) is 15.2. The van der Waals surface area contributed by atoms with Crippen LogP contribution in [0.25, 0.3) is 0 Å². The molecule has 0 unspecified atom stereocenters. The normalized spacial score (nSPS) is 11.3. The van der Waals surface area contributed by atoms with Gasteiger partial charge in [0.2, 0.25) is 0 Å². The number of carbonyl (C=O) groups is 1. The Hall–Kier alpha value is -2.58. The lowest BCUT2D eigenvalue weighted by Gasteiger charge is -2.09. The third-order valence-electron chi connectivity index (χ3n) is 3.71. The van der Waals surface area contributed by atoms with Crippen LogP contribution < -0.4 is 5.32 Å². The van der Waals surface area contributed by atoms with E-state index in [0.29, 0.717) is 27.0 Å². The summed E-state index contributed by atoms with van der Waals surface area (Å²) in [6.07, 6.45) is 3.12. The van der Waals surface area contributed by atoms with E-state index in [1.165, 1.54) is 11.8 Å². The number of nitrogens with zero attached hydrogens (tertiary/aromatic N) is 1. The van der Waals surface area contributed by atoms with E-state index in [-0.39, 0.29) is 18.2 Å². The number of pyridine rings is 1. The lowest BCUT2D eigenvalue weighted by molar-refractivity contribution is 0.0944. The molecule has 2 aromatic heterocycles. The smallest absolute Gasteiger partial charge is 0.254 e. The molecular formula is C19H18N2O4S2. The van der Waals surface area contributed by atoms with Crippen LogP contribution in [0, 0.1) is 0 Å². The number of thioether (sulfide) groups is 1. The van der Waals surface area contributed by atoms with Crippen LogP contribution in [0.5, 0.6) is 0 Å². The summed E-state index contributed by atoms with van der Waals surface area (Å²) in [5.41, 5.74) is 0.408. The molecule has 1 aromatic carbocycles. The molecule has 0 radical (unpaired) electrons. The molecule has 0 bridgehead atoms. The van der Waals surface area contributed by atoms with Crippen LogP contribution in [0.3, 0.4) is 0 Å². The van der Waals surface area contributed by atoms with E-state index < -0.39 is 9.84 Å². The fourth-order valence-electron chi connectivity index (χ4n) is 2.35. The summed E-state index contributed by atoms with van der Waals surface area (Å²) in [4.78, 5) is 16.9. The molecule has 0 aliphatic heterocycles. The average Bonchev–Trinajstić information content (AvgIpc) is 3.21. The van der Waals surface area contributed by atoms with Gasteiger partial charge in [-0.15, -0.1) is 11.8 Å². The maximum absolute atomic E-state index is 12.4. The lowest BCUT2D eigenvalue weighted by atomic mass is 10.2. The van der Waals surface area contributed by atoms with E-state index in [0.717, 1.165) is 0 Å². The molecule has 0 aliphatic carbocycles. The van der Waals surface area contributed by atoms with E-state index in [1.54, 1.807) is 67.1 Å². The fourth-order valence-corrected chi connectivity index (χ4v) is 5.01. The minimum atomic E-state index is -3.36. The Morgan fingerprint density at radius 3 is 2.63 bits per heavy atom. The van der Waals surface area contributed by atoms with Crippen molar-refractivity contribution in [1.82, 2.24) is 10.3 Å². The van der Waals surface area contributed by atoms with Crippen molar-refractivity contribution >= 4 is 27.5 Å². The first kappa shape index (κ1) is 19.2. The molecular weight excluding hydrogens is 384 g/mol. The van der Waals surface area contributed by atoms with Crippen molar-refractivity contribution in [3.63, 3.8) is 0 Å². The largest absolute Gasteiger partial charge is 0.467 e. The summed E-state index contributed by atoms with van der Waals surface area (Å²) in [7, 11) is -3.36. The Morgan fingerprint density at radius 1 is 1.07 bits per heavy atom. The van der Waals surface area contributed by atoms with Crippen LogP contribution >= 0.6 is 11.8 Å². The van der Waals surface area contributed by atoms with Gasteiger partial charge in [-0.05, 0) is 36.4 Å². The number of aromatic nitrogens is 1. The highest BCUT2D eigenvalue weighted by atomic mass is 32.2. The van der Waals surface area contributed by atoms with E-state index in [2.05, 4.69) is 10.3 Å². The molecule has 6 nitrogen and oxygen atoms in total. The van der Waals surface area contributed by atoms with Gasteiger partial charge < -0.3 is 9.73 Å². The highest BCUT2D eigenvalue weighted by Crippen LogP contribution is 2.21. The number of sulfone groups is 1. The molecule has 3 aromatic rings. The third kappa shape index (κ3) is 5.21. The standard InChI is InChI=1S/C19H18N2O4S2/c22-18(21-14-15-6-5-11-25-15)17-9-4-10-20-19(17)26-12-13-27(23,24)16-7-2-1-3-8-16/h1-11H,12-14H2,(H,21,22). The van der Waals surface area contributed by atoms with Gasteiger partial charge in [0.15, 0.2) is 9.84 Å². The second-order valence-corrected chi connectivity index (χ2v) is 8.79. The van der Waals surface area contributed by atoms with Crippen LogP contribution in [0.2, 0.25) is 0 Å². The highest BCUT2D eigenvalue weighted by Gasteiger charge is 2.17. The first-order chi connectivity index (χ1) is 13.1. The second-order valence-electron chi connectivity index (χ2n) is 5.60. The topological polar surface area (TPSA) is 89.3 Å². The third-order valence-corrected chi connectivity index (χ3v) is 6.71. The number of rotatable bonds is 8. The van der Waals surface area contributed by atoms with Crippen molar-refractivity contribution in [2.24, 2.45) is 0 Å². The van der Waals surface area contributed by atoms with Crippen molar-refractivity contribution in [3.8, 4) is 0 Å². The average molecular weight is 402 g/mol. The first-order valence-corrected chi connectivity index (χ1v) is 10.9.